The summed E-state index contributed by atoms with van der Waals surface area (Å²) in [7, 11) is 0. The van der Waals surface area contributed by atoms with Crippen molar-refractivity contribution < 1.29 is 5.11 Å². The molecule has 0 aliphatic heterocycles. The van der Waals surface area contributed by atoms with Crippen LogP contribution in [0.3, 0.4) is 0 Å². The van der Waals surface area contributed by atoms with Crippen LogP contribution in [0.2, 0.25) is 0 Å². The van der Waals surface area contributed by atoms with Gasteiger partial charge >= 0.3 is 0 Å². The molecule has 18 heavy (non-hydrogen) atoms. The Balaban J connectivity index is 2.36. The third-order valence-electron chi connectivity index (χ3n) is 4.26. The molecule has 0 aromatic heterocycles. The summed E-state index contributed by atoms with van der Waals surface area (Å²) in [5, 5.41) is 9.24. The van der Waals surface area contributed by atoms with Gasteiger partial charge in [-0.05, 0) is 42.4 Å². The van der Waals surface area contributed by atoms with E-state index in [0.29, 0.717) is 18.4 Å². The van der Waals surface area contributed by atoms with Gasteiger partial charge in [0, 0.05) is 12.5 Å². The molecule has 1 N–H and O–H groups in total. The third kappa shape index (κ3) is 2.37. The molecule has 98 valence electrons. The van der Waals surface area contributed by atoms with Crippen molar-refractivity contribution in [3.8, 4) is 0 Å². The van der Waals surface area contributed by atoms with Crippen molar-refractivity contribution >= 4 is 6.08 Å². The van der Waals surface area contributed by atoms with Crippen LogP contribution in [0, 0.1) is 5.92 Å². The standard InChI is InChI=1S/C17H24O/c1-4-13-6-7-15-10-12(3)17(16(15)11-13)14(5-2)8-9-18/h6-7,10-11,14,17-18H,4-5,8-9H2,1-3H3/t14?,17-/m0/s1. The zero-order valence-electron chi connectivity index (χ0n) is 11.7. The zero-order valence-corrected chi connectivity index (χ0v) is 11.7. The van der Waals surface area contributed by atoms with Gasteiger partial charge in [-0.15, -0.1) is 0 Å². The molecule has 1 heteroatoms. The number of hydrogen-bond donors (Lipinski definition) is 1. The van der Waals surface area contributed by atoms with Crippen LogP contribution in [0.25, 0.3) is 6.08 Å². The highest BCUT2D eigenvalue weighted by Crippen LogP contribution is 2.43. The van der Waals surface area contributed by atoms with Crippen molar-refractivity contribution in [2.75, 3.05) is 6.61 Å². The van der Waals surface area contributed by atoms with E-state index in [-0.39, 0.29) is 0 Å². The molecule has 1 nitrogen and oxygen atoms in total. The number of aliphatic hydroxyl groups is 1. The largest absolute Gasteiger partial charge is 0.396 e. The van der Waals surface area contributed by atoms with E-state index in [9.17, 15) is 5.11 Å². The van der Waals surface area contributed by atoms with Gasteiger partial charge in [0.15, 0.2) is 0 Å². The summed E-state index contributed by atoms with van der Waals surface area (Å²) in [5.74, 6) is 1.09. The number of allylic oxidation sites excluding steroid dienone is 1. The maximum absolute atomic E-state index is 9.24. The lowest BCUT2D eigenvalue weighted by atomic mass is 9.80. The molecule has 0 saturated heterocycles. The lowest BCUT2D eigenvalue weighted by Crippen LogP contribution is -2.13. The molecule has 1 aliphatic rings. The first-order valence-corrected chi connectivity index (χ1v) is 7.13. The van der Waals surface area contributed by atoms with Gasteiger partial charge in [-0.1, -0.05) is 50.1 Å². The number of rotatable bonds is 5. The van der Waals surface area contributed by atoms with Gasteiger partial charge < -0.3 is 5.11 Å². The molecule has 1 aliphatic carbocycles. The highest BCUT2D eigenvalue weighted by atomic mass is 16.3. The average molecular weight is 244 g/mol. The van der Waals surface area contributed by atoms with Crippen LogP contribution in [0.4, 0.5) is 0 Å². The lowest BCUT2D eigenvalue weighted by molar-refractivity contribution is 0.245. The maximum atomic E-state index is 9.24. The first kappa shape index (κ1) is 13.4. The van der Waals surface area contributed by atoms with Gasteiger partial charge in [0.25, 0.3) is 0 Å². The minimum Gasteiger partial charge on any atom is -0.396 e. The summed E-state index contributed by atoms with van der Waals surface area (Å²) >= 11 is 0. The fourth-order valence-electron chi connectivity index (χ4n) is 3.22. The molecule has 0 fully saturated rings. The SMILES string of the molecule is CCc1ccc2c(c1)[C@H](C(CC)CCO)C(C)=C2. The summed E-state index contributed by atoms with van der Waals surface area (Å²) < 4.78 is 0. The van der Waals surface area contributed by atoms with Crippen molar-refractivity contribution in [3.63, 3.8) is 0 Å². The van der Waals surface area contributed by atoms with E-state index >= 15 is 0 Å². The van der Waals surface area contributed by atoms with Gasteiger partial charge in [0.2, 0.25) is 0 Å². The number of aliphatic hydroxyl groups excluding tert-OH is 1. The summed E-state index contributed by atoms with van der Waals surface area (Å²) in [6.07, 6.45) is 5.45. The first-order valence-electron chi connectivity index (χ1n) is 7.13. The fourth-order valence-corrected chi connectivity index (χ4v) is 3.22. The predicted molar refractivity (Wildman–Crippen MR) is 77.7 cm³/mol. The van der Waals surface area contributed by atoms with E-state index in [2.05, 4.69) is 45.0 Å². The van der Waals surface area contributed by atoms with E-state index in [0.717, 1.165) is 19.3 Å². The first-order chi connectivity index (χ1) is 8.71. The van der Waals surface area contributed by atoms with Crippen molar-refractivity contribution in [2.24, 2.45) is 5.92 Å². The second-order valence-corrected chi connectivity index (χ2v) is 5.36. The van der Waals surface area contributed by atoms with Crippen LogP contribution in [0.1, 0.15) is 56.2 Å². The number of hydrogen-bond acceptors (Lipinski definition) is 1. The van der Waals surface area contributed by atoms with Crippen LogP contribution in [-0.2, 0) is 6.42 Å². The molecule has 1 aromatic rings. The Morgan fingerprint density at radius 3 is 2.67 bits per heavy atom. The van der Waals surface area contributed by atoms with Gasteiger partial charge in [0.05, 0.1) is 0 Å². The zero-order chi connectivity index (χ0) is 13.1. The van der Waals surface area contributed by atoms with Crippen molar-refractivity contribution in [3.05, 3.63) is 40.5 Å². The van der Waals surface area contributed by atoms with Gasteiger partial charge in [-0.25, -0.2) is 0 Å². The van der Waals surface area contributed by atoms with Crippen molar-refractivity contribution in [1.29, 1.82) is 0 Å². The molecule has 0 heterocycles. The molecule has 0 radical (unpaired) electrons. The van der Waals surface area contributed by atoms with E-state index in [1.54, 1.807) is 0 Å². The number of aryl methyl sites for hydroxylation is 1. The molecule has 0 amide bonds. The summed E-state index contributed by atoms with van der Waals surface area (Å²) in [5.41, 5.74) is 5.73. The molecule has 2 atom stereocenters. The summed E-state index contributed by atoms with van der Waals surface area (Å²) in [6, 6.07) is 6.86. The third-order valence-corrected chi connectivity index (χ3v) is 4.26. The minimum atomic E-state index is 0.297. The normalized spacial score (nSPS) is 19.6. The quantitative estimate of drug-likeness (QED) is 0.824. The number of benzene rings is 1. The maximum Gasteiger partial charge on any atom is 0.0433 e. The Morgan fingerprint density at radius 1 is 1.28 bits per heavy atom. The van der Waals surface area contributed by atoms with E-state index in [4.69, 9.17) is 0 Å². The molecule has 2 rings (SSSR count). The Hall–Kier alpha value is -1.08. The van der Waals surface area contributed by atoms with Gasteiger partial charge in [-0.3, -0.25) is 0 Å². The van der Waals surface area contributed by atoms with E-state index in [1.165, 1.54) is 22.3 Å². The summed E-state index contributed by atoms with van der Waals surface area (Å²) in [6.45, 7) is 6.97. The number of fused-ring (bicyclic) bond motifs is 1. The molecule has 0 saturated carbocycles. The van der Waals surface area contributed by atoms with Crippen LogP contribution in [0.15, 0.2) is 23.8 Å². The Bertz CT molecular complexity index is 445. The average Bonchev–Trinajstić information content (AvgIpc) is 2.71. The summed E-state index contributed by atoms with van der Waals surface area (Å²) in [4.78, 5) is 0. The highest BCUT2D eigenvalue weighted by molar-refractivity contribution is 5.66. The second-order valence-electron chi connectivity index (χ2n) is 5.36. The fraction of sp³-hybridized carbons (Fsp3) is 0.529. The second kappa shape index (κ2) is 5.71. The van der Waals surface area contributed by atoms with Gasteiger partial charge in [-0.2, -0.15) is 0 Å². The Labute approximate surface area is 111 Å². The Kier molecular flexibility index (Phi) is 4.23. The molecule has 0 spiro atoms. The molecule has 1 unspecified atom stereocenters. The van der Waals surface area contributed by atoms with Crippen LogP contribution < -0.4 is 0 Å². The van der Waals surface area contributed by atoms with E-state index in [1.807, 2.05) is 0 Å². The van der Waals surface area contributed by atoms with Crippen molar-refractivity contribution in [1.82, 2.24) is 0 Å². The molecule has 1 aromatic carbocycles. The minimum absolute atomic E-state index is 0.297. The molecular formula is C17H24O. The van der Waals surface area contributed by atoms with E-state index < -0.39 is 0 Å². The monoisotopic (exact) mass is 244 g/mol. The topological polar surface area (TPSA) is 20.2 Å². The smallest absolute Gasteiger partial charge is 0.0433 e. The van der Waals surface area contributed by atoms with Gasteiger partial charge in [0.1, 0.15) is 0 Å². The molecular weight excluding hydrogens is 220 g/mol. The molecule has 0 bridgehead atoms. The van der Waals surface area contributed by atoms with Crippen LogP contribution in [-0.4, -0.2) is 11.7 Å². The van der Waals surface area contributed by atoms with Crippen LogP contribution >= 0.6 is 0 Å². The Morgan fingerprint density at radius 2 is 2.06 bits per heavy atom. The van der Waals surface area contributed by atoms with Crippen molar-refractivity contribution in [2.45, 2.75) is 46.0 Å². The predicted octanol–water partition coefficient (Wildman–Crippen LogP) is 4.16. The van der Waals surface area contributed by atoms with Crippen LogP contribution in [0.5, 0.6) is 0 Å². The lowest BCUT2D eigenvalue weighted by Gasteiger charge is -2.25. The highest BCUT2D eigenvalue weighted by Gasteiger charge is 2.28.